The number of ether oxygens (including phenoxy) is 1. The van der Waals surface area contributed by atoms with E-state index in [-0.39, 0.29) is 0 Å². The quantitative estimate of drug-likeness (QED) is 0.904. The Labute approximate surface area is 139 Å². The maximum atomic E-state index is 5.15. The Morgan fingerprint density at radius 1 is 1.35 bits per heavy atom. The van der Waals surface area contributed by atoms with E-state index in [1.54, 1.807) is 18.4 Å². The van der Waals surface area contributed by atoms with Gasteiger partial charge in [-0.25, -0.2) is 4.98 Å². The molecule has 2 aliphatic heterocycles. The van der Waals surface area contributed by atoms with Crippen molar-refractivity contribution >= 4 is 11.3 Å². The molecule has 0 saturated carbocycles. The van der Waals surface area contributed by atoms with E-state index in [9.17, 15) is 0 Å². The van der Waals surface area contributed by atoms with Gasteiger partial charge in [0.2, 0.25) is 5.88 Å². The predicted molar refractivity (Wildman–Crippen MR) is 88.7 cm³/mol. The van der Waals surface area contributed by atoms with Crippen LogP contribution < -0.4 is 10.1 Å². The Bertz CT molecular complexity index is 655. The summed E-state index contributed by atoms with van der Waals surface area (Å²) in [7, 11) is 1.65. The molecule has 0 bridgehead atoms. The average molecular weight is 331 g/mol. The summed E-state index contributed by atoms with van der Waals surface area (Å²) in [5.74, 6) is 1.24. The van der Waals surface area contributed by atoms with Crippen molar-refractivity contribution in [3.05, 3.63) is 33.9 Å². The third-order valence-electron chi connectivity index (χ3n) is 4.67. The molecule has 122 valence electrons. The Hall–Kier alpha value is -1.57. The molecule has 4 heterocycles. The number of methoxy groups -OCH3 is 1. The van der Waals surface area contributed by atoms with Gasteiger partial charge in [-0.05, 0) is 24.9 Å². The summed E-state index contributed by atoms with van der Waals surface area (Å²) in [5, 5.41) is 14.4. The molecule has 2 fully saturated rings. The molecule has 0 aromatic carbocycles. The van der Waals surface area contributed by atoms with E-state index in [1.807, 2.05) is 12.3 Å². The van der Waals surface area contributed by atoms with Crippen LogP contribution >= 0.6 is 11.3 Å². The summed E-state index contributed by atoms with van der Waals surface area (Å²) in [6, 6.07) is 4.49. The van der Waals surface area contributed by atoms with Crippen LogP contribution in [-0.4, -0.2) is 46.8 Å². The Balaban J connectivity index is 1.45. The van der Waals surface area contributed by atoms with Gasteiger partial charge in [0.1, 0.15) is 10.0 Å². The Morgan fingerprint density at radius 3 is 2.96 bits per heavy atom. The average Bonchev–Trinajstić information content (AvgIpc) is 3.16. The largest absolute Gasteiger partial charge is 0.481 e. The van der Waals surface area contributed by atoms with E-state index in [1.165, 1.54) is 23.4 Å². The number of rotatable bonds is 5. The van der Waals surface area contributed by atoms with Crippen LogP contribution in [0.1, 0.15) is 40.4 Å². The highest BCUT2D eigenvalue weighted by atomic mass is 32.1. The minimum Gasteiger partial charge on any atom is -0.481 e. The van der Waals surface area contributed by atoms with Crippen LogP contribution in [0.4, 0.5) is 0 Å². The van der Waals surface area contributed by atoms with Crippen LogP contribution in [0.2, 0.25) is 0 Å². The maximum Gasteiger partial charge on any atom is 0.212 e. The lowest BCUT2D eigenvalue weighted by Gasteiger charge is -2.24. The topological polar surface area (TPSA) is 63.2 Å². The maximum absolute atomic E-state index is 5.15. The van der Waals surface area contributed by atoms with Crippen LogP contribution in [0.25, 0.3) is 0 Å². The van der Waals surface area contributed by atoms with E-state index < -0.39 is 0 Å². The zero-order valence-corrected chi connectivity index (χ0v) is 14.1. The molecule has 0 spiro atoms. The van der Waals surface area contributed by atoms with Crippen LogP contribution in [0.15, 0.2) is 18.3 Å². The Morgan fingerprint density at radius 2 is 2.26 bits per heavy atom. The van der Waals surface area contributed by atoms with Crippen molar-refractivity contribution < 1.29 is 4.74 Å². The van der Waals surface area contributed by atoms with Gasteiger partial charge in [-0.2, -0.15) is 0 Å². The SMILES string of the molecule is COc1ccc(C2CCCN2Cc2nnc(C3CNC3)s2)cn1. The van der Waals surface area contributed by atoms with E-state index >= 15 is 0 Å². The molecule has 6 nitrogen and oxygen atoms in total. The van der Waals surface area contributed by atoms with Crippen molar-refractivity contribution in [3.63, 3.8) is 0 Å². The highest BCUT2D eigenvalue weighted by Crippen LogP contribution is 2.34. The Kier molecular flexibility index (Phi) is 4.24. The van der Waals surface area contributed by atoms with Crippen molar-refractivity contribution in [2.24, 2.45) is 0 Å². The zero-order chi connectivity index (χ0) is 15.6. The molecule has 7 heteroatoms. The zero-order valence-electron chi connectivity index (χ0n) is 13.2. The minimum atomic E-state index is 0.422. The number of hydrogen-bond acceptors (Lipinski definition) is 7. The molecule has 2 saturated heterocycles. The molecule has 4 rings (SSSR count). The van der Waals surface area contributed by atoms with Crippen LogP contribution in [0, 0.1) is 0 Å². The van der Waals surface area contributed by atoms with E-state index in [0.29, 0.717) is 17.8 Å². The van der Waals surface area contributed by atoms with Gasteiger partial charge in [0.05, 0.1) is 13.7 Å². The molecule has 0 amide bonds. The van der Waals surface area contributed by atoms with Gasteiger partial charge in [0, 0.05) is 37.3 Å². The van der Waals surface area contributed by atoms with Crippen molar-refractivity contribution in [2.75, 3.05) is 26.7 Å². The van der Waals surface area contributed by atoms with Gasteiger partial charge in [-0.15, -0.1) is 10.2 Å². The lowest BCUT2D eigenvalue weighted by molar-refractivity contribution is 0.247. The summed E-state index contributed by atoms with van der Waals surface area (Å²) in [6.07, 6.45) is 4.33. The van der Waals surface area contributed by atoms with Gasteiger partial charge >= 0.3 is 0 Å². The molecule has 1 N–H and O–H groups in total. The lowest BCUT2D eigenvalue weighted by Crippen LogP contribution is -2.39. The number of hydrogen-bond donors (Lipinski definition) is 1. The van der Waals surface area contributed by atoms with Crippen molar-refractivity contribution in [3.8, 4) is 5.88 Å². The normalized spacial score (nSPS) is 22.2. The van der Waals surface area contributed by atoms with Crippen molar-refractivity contribution in [2.45, 2.75) is 31.3 Å². The molecule has 1 atom stereocenters. The fourth-order valence-corrected chi connectivity index (χ4v) is 4.20. The molecule has 2 aliphatic rings. The number of pyridine rings is 1. The summed E-state index contributed by atoms with van der Waals surface area (Å²) >= 11 is 1.77. The first kappa shape index (κ1) is 15.0. The van der Waals surface area contributed by atoms with E-state index in [2.05, 4.69) is 31.5 Å². The van der Waals surface area contributed by atoms with Crippen molar-refractivity contribution in [1.82, 2.24) is 25.4 Å². The van der Waals surface area contributed by atoms with Gasteiger partial charge in [-0.1, -0.05) is 17.4 Å². The summed E-state index contributed by atoms with van der Waals surface area (Å²) < 4.78 is 5.15. The van der Waals surface area contributed by atoms with E-state index in [4.69, 9.17) is 4.74 Å². The second-order valence-electron chi connectivity index (χ2n) is 6.15. The summed E-state index contributed by atoms with van der Waals surface area (Å²) in [4.78, 5) is 6.84. The minimum absolute atomic E-state index is 0.422. The number of nitrogens with one attached hydrogen (secondary N) is 1. The van der Waals surface area contributed by atoms with Crippen LogP contribution in [0.3, 0.4) is 0 Å². The third-order valence-corrected chi connectivity index (χ3v) is 5.74. The van der Waals surface area contributed by atoms with Gasteiger partial charge < -0.3 is 10.1 Å². The smallest absolute Gasteiger partial charge is 0.212 e. The summed E-state index contributed by atoms with van der Waals surface area (Å²) in [5.41, 5.74) is 1.26. The lowest BCUT2D eigenvalue weighted by atomic mass is 10.1. The molecule has 1 unspecified atom stereocenters. The molecule has 0 aliphatic carbocycles. The van der Waals surface area contributed by atoms with Crippen LogP contribution in [-0.2, 0) is 6.54 Å². The van der Waals surface area contributed by atoms with Gasteiger partial charge in [0.15, 0.2) is 0 Å². The molecular weight excluding hydrogens is 310 g/mol. The molecule has 23 heavy (non-hydrogen) atoms. The molecule has 2 aromatic heterocycles. The number of aromatic nitrogens is 3. The molecule has 2 aromatic rings. The second kappa shape index (κ2) is 6.51. The number of nitrogens with zero attached hydrogens (tertiary/aromatic N) is 4. The fraction of sp³-hybridized carbons (Fsp3) is 0.562. The second-order valence-corrected chi connectivity index (χ2v) is 7.25. The van der Waals surface area contributed by atoms with Gasteiger partial charge in [-0.3, -0.25) is 4.90 Å². The highest BCUT2D eigenvalue weighted by molar-refractivity contribution is 7.11. The van der Waals surface area contributed by atoms with E-state index in [0.717, 1.165) is 31.2 Å². The molecular formula is C16H21N5OS. The van der Waals surface area contributed by atoms with Gasteiger partial charge in [0.25, 0.3) is 0 Å². The first-order chi connectivity index (χ1) is 11.3. The number of likely N-dealkylation sites (tertiary alicyclic amines) is 1. The first-order valence-corrected chi connectivity index (χ1v) is 8.92. The van der Waals surface area contributed by atoms with Crippen molar-refractivity contribution in [1.29, 1.82) is 0 Å². The fourth-order valence-electron chi connectivity index (χ4n) is 3.23. The molecule has 0 radical (unpaired) electrons. The van der Waals surface area contributed by atoms with Crippen LogP contribution in [0.5, 0.6) is 5.88 Å². The summed E-state index contributed by atoms with van der Waals surface area (Å²) in [6.45, 7) is 4.07. The highest BCUT2D eigenvalue weighted by Gasteiger charge is 2.28. The first-order valence-electron chi connectivity index (χ1n) is 8.10. The third kappa shape index (κ3) is 3.08. The monoisotopic (exact) mass is 331 g/mol. The standard InChI is InChI=1S/C16H21N5OS/c1-22-14-5-4-11(9-18-14)13-3-2-6-21(13)10-15-19-20-16(23-15)12-7-17-8-12/h4-5,9,12-13,17H,2-3,6-8,10H2,1H3. The predicted octanol–water partition coefficient (Wildman–Crippen LogP) is 1.97.